The summed E-state index contributed by atoms with van der Waals surface area (Å²) in [5.74, 6) is 0.297. The molecule has 1 rings (SSSR count). The number of hydrogen-bond acceptors (Lipinski definition) is 2. The number of rotatable bonds is 8. The summed E-state index contributed by atoms with van der Waals surface area (Å²) in [5, 5.41) is 3.48. The zero-order valence-corrected chi connectivity index (χ0v) is 14.1. The van der Waals surface area contributed by atoms with Crippen LogP contribution in [0.15, 0.2) is 24.3 Å². The third-order valence-electron chi connectivity index (χ3n) is 3.29. The van der Waals surface area contributed by atoms with E-state index in [1.54, 1.807) is 12.1 Å². The monoisotopic (exact) mass is 295 g/mol. The molecule has 1 aromatic rings. The van der Waals surface area contributed by atoms with Gasteiger partial charge in [0.25, 0.3) is 0 Å². The van der Waals surface area contributed by atoms with Crippen molar-refractivity contribution in [2.45, 2.75) is 59.1 Å². The Morgan fingerprint density at radius 1 is 1.24 bits per heavy atom. The van der Waals surface area contributed by atoms with Crippen molar-refractivity contribution in [2.24, 2.45) is 5.92 Å². The molecule has 0 fully saturated rings. The van der Waals surface area contributed by atoms with E-state index >= 15 is 0 Å². The number of benzene rings is 1. The van der Waals surface area contributed by atoms with Gasteiger partial charge >= 0.3 is 0 Å². The molecule has 1 aromatic carbocycles. The second-order valence-electron chi connectivity index (χ2n) is 7.01. The van der Waals surface area contributed by atoms with Crippen LogP contribution in [-0.4, -0.2) is 24.8 Å². The standard InChI is InChI=1S/C18H30FNO/c1-14(2)20-13-16(9-10-21-18(3,4)5)11-15-7-6-8-17(19)12-15/h6-8,12,14,16,20H,9-11,13H2,1-5H3. The Morgan fingerprint density at radius 2 is 1.95 bits per heavy atom. The fourth-order valence-electron chi connectivity index (χ4n) is 2.21. The summed E-state index contributed by atoms with van der Waals surface area (Å²) >= 11 is 0. The van der Waals surface area contributed by atoms with Gasteiger partial charge in [0.05, 0.1) is 5.60 Å². The lowest BCUT2D eigenvalue weighted by atomic mass is 9.96. The zero-order chi connectivity index (χ0) is 15.9. The van der Waals surface area contributed by atoms with Gasteiger partial charge < -0.3 is 10.1 Å². The molecule has 0 aromatic heterocycles. The second kappa shape index (κ2) is 8.50. The van der Waals surface area contributed by atoms with Crippen LogP contribution in [0.5, 0.6) is 0 Å². The van der Waals surface area contributed by atoms with Crippen molar-refractivity contribution in [3.8, 4) is 0 Å². The van der Waals surface area contributed by atoms with E-state index < -0.39 is 0 Å². The van der Waals surface area contributed by atoms with Gasteiger partial charge in [0.15, 0.2) is 0 Å². The second-order valence-corrected chi connectivity index (χ2v) is 7.01. The fourth-order valence-corrected chi connectivity index (χ4v) is 2.21. The molecule has 1 atom stereocenters. The average Bonchev–Trinajstić information content (AvgIpc) is 2.34. The molecular weight excluding hydrogens is 265 g/mol. The summed E-state index contributed by atoms with van der Waals surface area (Å²) in [6.07, 6.45) is 1.86. The predicted molar refractivity (Wildman–Crippen MR) is 87.1 cm³/mol. The van der Waals surface area contributed by atoms with E-state index in [9.17, 15) is 4.39 Å². The molecule has 0 bridgehead atoms. The first-order valence-corrected chi connectivity index (χ1v) is 7.88. The molecule has 120 valence electrons. The molecule has 0 radical (unpaired) electrons. The lowest BCUT2D eigenvalue weighted by Crippen LogP contribution is -2.31. The highest BCUT2D eigenvalue weighted by atomic mass is 19.1. The predicted octanol–water partition coefficient (Wildman–Crippen LogP) is 4.19. The summed E-state index contributed by atoms with van der Waals surface area (Å²) in [6, 6.07) is 7.36. The van der Waals surface area contributed by atoms with Crippen molar-refractivity contribution in [3.05, 3.63) is 35.6 Å². The first kappa shape index (κ1) is 18.1. The molecule has 0 heterocycles. The highest BCUT2D eigenvalue weighted by Gasteiger charge is 2.14. The highest BCUT2D eigenvalue weighted by molar-refractivity contribution is 5.16. The third-order valence-corrected chi connectivity index (χ3v) is 3.29. The van der Waals surface area contributed by atoms with Gasteiger partial charge in [-0.15, -0.1) is 0 Å². The first-order chi connectivity index (χ1) is 9.76. The SMILES string of the molecule is CC(C)NCC(CCOC(C)(C)C)Cc1cccc(F)c1. The van der Waals surface area contributed by atoms with E-state index in [4.69, 9.17) is 4.74 Å². The summed E-state index contributed by atoms with van der Waals surface area (Å²) in [5.41, 5.74) is 0.954. The van der Waals surface area contributed by atoms with Gasteiger partial charge in [0.2, 0.25) is 0 Å². The molecule has 21 heavy (non-hydrogen) atoms. The Hall–Kier alpha value is -0.930. The summed E-state index contributed by atoms with van der Waals surface area (Å²) in [7, 11) is 0. The fraction of sp³-hybridized carbons (Fsp3) is 0.667. The van der Waals surface area contributed by atoms with E-state index in [0.29, 0.717) is 12.0 Å². The van der Waals surface area contributed by atoms with Crippen molar-refractivity contribution in [2.75, 3.05) is 13.2 Å². The quantitative estimate of drug-likeness (QED) is 0.776. The maximum Gasteiger partial charge on any atom is 0.123 e. The van der Waals surface area contributed by atoms with Crippen LogP contribution in [0.4, 0.5) is 4.39 Å². The smallest absolute Gasteiger partial charge is 0.123 e. The van der Waals surface area contributed by atoms with Crippen LogP contribution in [0, 0.1) is 11.7 Å². The van der Waals surface area contributed by atoms with Crippen LogP contribution in [0.3, 0.4) is 0 Å². The number of halogens is 1. The van der Waals surface area contributed by atoms with Crippen LogP contribution >= 0.6 is 0 Å². The Labute approximate surface area is 129 Å². The van der Waals surface area contributed by atoms with Gasteiger partial charge in [-0.3, -0.25) is 0 Å². The Morgan fingerprint density at radius 3 is 2.52 bits per heavy atom. The Bertz CT molecular complexity index is 412. The Kier molecular flexibility index (Phi) is 7.33. The highest BCUT2D eigenvalue weighted by Crippen LogP contribution is 2.16. The zero-order valence-electron chi connectivity index (χ0n) is 14.1. The summed E-state index contributed by atoms with van der Waals surface area (Å²) in [4.78, 5) is 0. The number of nitrogens with one attached hydrogen (secondary N) is 1. The maximum atomic E-state index is 13.3. The van der Waals surface area contributed by atoms with Gasteiger partial charge in [-0.05, 0) is 63.8 Å². The minimum Gasteiger partial charge on any atom is -0.376 e. The topological polar surface area (TPSA) is 21.3 Å². The van der Waals surface area contributed by atoms with Gasteiger partial charge in [-0.25, -0.2) is 4.39 Å². The van der Waals surface area contributed by atoms with Crippen molar-refractivity contribution in [3.63, 3.8) is 0 Å². The molecule has 0 saturated carbocycles. The van der Waals surface area contributed by atoms with Crippen LogP contribution in [0.2, 0.25) is 0 Å². The lowest BCUT2D eigenvalue weighted by Gasteiger charge is -2.23. The molecule has 0 spiro atoms. The Balaban J connectivity index is 2.55. The molecular formula is C18H30FNO. The molecule has 1 N–H and O–H groups in total. The lowest BCUT2D eigenvalue weighted by molar-refractivity contribution is -0.00927. The van der Waals surface area contributed by atoms with Crippen molar-refractivity contribution < 1.29 is 9.13 Å². The van der Waals surface area contributed by atoms with E-state index in [1.807, 2.05) is 6.07 Å². The van der Waals surface area contributed by atoms with E-state index in [2.05, 4.69) is 39.9 Å². The molecule has 1 unspecified atom stereocenters. The average molecular weight is 295 g/mol. The van der Waals surface area contributed by atoms with Gasteiger partial charge in [0, 0.05) is 12.6 Å². The molecule has 3 heteroatoms. The minimum absolute atomic E-state index is 0.102. The number of ether oxygens (including phenoxy) is 1. The van der Waals surface area contributed by atoms with Crippen molar-refractivity contribution in [1.29, 1.82) is 0 Å². The van der Waals surface area contributed by atoms with E-state index in [1.165, 1.54) is 6.07 Å². The van der Waals surface area contributed by atoms with Crippen molar-refractivity contribution >= 4 is 0 Å². The third kappa shape index (κ3) is 8.84. The van der Waals surface area contributed by atoms with Gasteiger partial charge in [-0.1, -0.05) is 26.0 Å². The molecule has 2 nitrogen and oxygen atoms in total. The maximum absolute atomic E-state index is 13.3. The largest absolute Gasteiger partial charge is 0.376 e. The first-order valence-electron chi connectivity index (χ1n) is 7.88. The van der Waals surface area contributed by atoms with E-state index in [-0.39, 0.29) is 11.4 Å². The van der Waals surface area contributed by atoms with Crippen LogP contribution < -0.4 is 5.32 Å². The van der Waals surface area contributed by atoms with Crippen molar-refractivity contribution in [1.82, 2.24) is 5.32 Å². The molecule has 0 aliphatic carbocycles. The summed E-state index contributed by atoms with van der Waals surface area (Å²) < 4.78 is 19.1. The van der Waals surface area contributed by atoms with Gasteiger partial charge in [0.1, 0.15) is 5.82 Å². The molecule has 0 saturated heterocycles. The number of hydrogen-bond donors (Lipinski definition) is 1. The van der Waals surface area contributed by atoms with Crippen LogP contribution in [0.1, 0.15) is 46.6 Å². The molecule has 0 aliphatic heterocycles. The molecule has 0 aliphatic rings. The minimum atomic E-state index is -0.158. The van der Waals surface area contributed by atoms with E-state index in [0.717, 1.165) is 31.6 Å². The normalized spacial score (nSPS) is 13.7. The van der Waals surface area contributed by atoms with Crippen LogP contribution in [-0.2, 0) is 11.2 Å². The molecule has 0 amide bonds. The van der Waals surface area contributed by atoms with Crippen LogP contribution in [0.25, 0.3) is 0 Å². The van der Waals surface area contributed by atoms with Gasteiger partial charge in [-0.2, -0.15) is 0 Å². The summed E-state index contributed by atoms with van der Waals surface area (Å²) in [6.45, 7) is 12.2.